The predicted octanol–water partition coefficient (Wildman–Crippen LogP) is 3.57. The van der Waals surface area contributed by atoms with E-state index in [9.17, 15) is 9.90 Å². The van der Waals surface area contributed by atoms with E-state index in [4.69, 9.17) is 9.47 Å². The lowest BCUT2D eigenvalue weighted by Crippen LogP contribution is -2.30. The zero-order chi connectivity index (χ0) is 19.4. The van der Waals surface area contributed by atoms with Crippen LogP contribution < -0.4 is 20.1 Å². The first-order valence-electron chi connectivity index (χ1n) is 8.53. The molecule has 0 unspecified atom stereocenters. The fourth-order valence-electron chi connectivity index (χ4n) is 2.70. The van der Waals surface area contributed by atoms with Crippen molar-refractivity contribution in [2.24, 2.45) is 0 Å². The molecule has 3 N–H and O–H groups in total. The van der Waals surface area contributed by atoms with E-state index in [1.165, 1.54) is 31.5 Å². The number of rotatable bonds is 6. The summed E-state index contributed by atoms with van der Waals surface area (Å²) in [6, 6.07) is 11.4. The standard InChI is InChI=1S/C20H22N2O4S/c1-4-12-5-7-14(8-6-12)21-20-22-19(24)17(27-20)11-13-9-15(25-2)18(23)16(10-13)26-3/h5-11,20-21,23H,4H2,1-3H3,(H,22,24)/b17-11-/t20-/m1/s1. The molecule has 0 radical (unpaired) electrons. The van der Waals surface area contributed by atoms with Gasteiger partial charge in [-0.05, 0) is 47.9 Å². The Hall–Kier alpha value is -2.80. The summed E-state index contributed by atoms with van der Waals surface area (Å²) < 4.78 is 10.3. The number of hydrogen-bond acceptors (Lipinski definition) is 6. The number of methoxy groups -OCH3 is 2. The maximum atomic E-state index is 12.3. The Bertz CT molecular complexity index is 840. The highest BCUT2D eigenvalue weighted by Gasteiger charge is 2.27. The molecule has 0 spiro atoms. The Balaban J connectivity index is 1.76. The number of amides is 1. The third-order valence-corrected chi connectivity index (χ3v) is 5.22. The first-order chi connectivity index (χ1) is 13.0. The number of anilines is 1. The minimum atomic E-state index is -0.253. The molecule has 27 heavy (non-hydrogen) atoms. The Labute approximate surface area is 162 Å². The van der Waals surface area contributed by atoms with Crippen molar-refractivity contribution in [3.05, 3.63) is 52.4 Å². The van der Waals surface area contributed by atoms with Gasteiger partial charge in [0.1, 0.15) is 0 Å². The molecule has 142 valence electrons. The summed E-state index contributed by atoms with van der Waals surface area (Å²) in [6.07, 6.45) is 2.73. The van der Waals surface area contributed by atoms with Gasteiger partial charge < -0.3 is 25.2 Å². The largest absolute Gasteiger partial charge is 0.502 e. The first-order valence-corrected chi connectivity index (χ1v) is 9.41. The molecule has 1 aliphatic heterocycles. The topological polar surface area (TPSA) is 79.8 Å². The molecule has 2 aromatic rings. The summed E-state index contributed by atoms with van der Waals surface area (Å²) in [5.41, 5.74) is 2.66. The van der Waals surface area contributed by atoms with Crippen LogP contribution in [0.1, 0.15) is 18.1 Å². The number of hydrogen-bond donors (Lipinski definition) is 3. The Morgan fingerprint density at radius 3 is 2.37 bits per heavy atom. The molecule has 1 fully saturated rings. The highest BCUT2D eigenvalue weighted by molar-refractivity contribution is 8.05. The maximum Gasteiger partial charge on any atom is 0.260 e. The number of benzene rings is 2. The van der Waals surface area contributed by atoms with Crippen molar-refractivity contribution in [1.29, 1.82) is 0 Å². The fraction of sp³-hybridized carbons (Fsp3) is 0.250. The number of carbonyl (C=O) groups excluding carboxylic acids is 1. The summed E-state index contributed by atoms with van der Waals surface area (Å²) in [6.45, 7) is 2.11. The second-order valence-corrected chi connectivity index (χ2v) is 7.10. The quantitative estimate of drug-likeness (QED) is 0.659. The van der Waals surface area contributed by atoms with Crippen molar-refractivity contribution in [2.75, 3.05) is 19.5 Å². The molecule has 0 aromatic heterocycles. The van der Waals surface area contributed by atoms with Crippen molar-refractivity contribution >= 4 is 29.4 Å². The van der Waals surface area contributed by atoms with Crippen molar-refractivity contribution in [1.82, 2.24) is 5.32 Å². The zero-order valence-electron chi connectivity index (χ0n) is 15.4. The van der Waals surface area contributed by atoms with Gasteiger partial charge in [-0.1, -0.05) is 30.8 Å². The second kappa shape index (κ2) is 8.26. The van der Waals surface area contributed by atoms with Crippen molar-refractivity contribution in [2.45, 2.75) is 18.8 Å². The highest BCUT2D eigenvalue weighted by atomic mass is 32.2. The molecule has 1 atom stereocenters. The van der Waals surface area contributed by atoms with Gasteiger partial charge in [-0.15, -0.1) is 0 Å². The molecule has 2 aromatic carbocycles. The minimum Gasteiger partial charge on any atom is -0.502 e. The van der Waals surface area contributed by atoms with Crippen LogP contribution in [0.15, 0.2) is 41.3 Å². The highest BCUT2D eigenvalue weighted by Crippen LogP contribution is 2.39. The van der Waals surface area contributed by atoms with Crippen LogP contribution in [-0.4, -0.2) is 30.7 Å². The van der Waals surface area contributed by atoms with Crippen LogP contribution in [0.4, 0.5) is 5.69 Å². The van der Waals surface area contributed by atoms with Gasteiger partial charge in [-0.2, -0.15) is 0 Å². The molecule has 0 saturated carbocycles. The van der Waals surface area contributed by atoms with Gasteiger partial charge in [-0.3, -0.25) is 4.79 Å². The van der Waals surface area contributed by atoms with Crippen LogP contribution in [0.2, 0.25) is 0 Å². The molecule has 0 aliphatic carbocycles. The van der Waals surface area contributed by atoms with Gasteiger partial charge >= 0.3 is 0 Å². The molecular weight excluding hydrogens is 364 g/mol. The molecular formula is C20H22N2O4S. The van der Waals surface area contributed by atoms with Gasteiger partial charge in [-0.25, -0.2) is 0 Å². The van der Waals surface area contributed by atoms with Crippen LogP contribution in [0.3, 0.4) is 0 Å². The van der Waals surface area contributed by atoms with Gasteiger partial charge in [0.15, 0.2) is 17.0 Å². The van der Waals surface area contributed by atoms with E-state index >= 15 is 0 Å². The third-order valence-electron chi connectivity index (χ3n) is 4.19. The molecule has 6 nitrogen and oxygen atoms in total. The van der Waals surface area contributed by atoms with Crippen molar-refractivity contribution < 1.29 is 19.4 Å². The van der Waals surface area contributed by atoms with E-state index in [1.807, 2.05) is 12.1 Å². The SMILES string of the molecule is CCc1ccc(N[C@@H]2NC(=O)/C(=C/c3cc(OC)c(O)c(OC)c3)S2)cc1. The van der Waals surface area contributed by atoms with E-state index in [-0.39, 0.29) is 28.7 Å². The number of carbonyl (C=O) groups is 1. The number of aromatic hydroxyl groups is 1. The summed E-state index contributed by atoms with van der Waals surface area (Å²) in [5.74, 6) is 0.347. The molecule has 1 amide bonds. The van der Waals surface area contributed by atoms with E-state index in [0.29, 0.717) is 10.5 Å². The molecule has 1 saturated heterocycles. The van der Waals surface area contributed by atoms with E-state index < -0.39 is 0 Å². The lowest BCUT2D eigenvalue weighted by Gasteiger charge is -2.13. The summed E-state index contributed by atoms with van der Waals surface area (Å²) in [7, 11) is 2.93. The Morgan fingerprint density at radius 2 is 1.81 bits per heavy atom. The molecule has 3 rings (SSSR count). The zero-order valence-corrected chi connectivity index (χ0v) is 16.2. The summed E-state index contributed by atoms with van der Waals surface area (Å²) in [4.78, 5) is 12.9. The van der Waals surface area contributed by atoms with E-state index in [2.05, 4.69) is 29.7 Å². The Kier molecular flexibility index (Phi) is 5.81. The Morgan fingerprint density at radius 1 is 1.19 bits per heavy atom. The van der Waals surface area contributed by atoms with E-state index in [0.717, 1.165) is 12.1 Å². The number of ether oxygens (including phenoxy) is 2. The van der Waals surface area contributed by atoms with Crippen molar-refractivity contribution in [3.8, 4) is 17.2 Å². The smallest absolute Gasteiger partial charge is 0.260 e. The molecule has 1 heterocycles. The number of nitrogens with one attached hydrogen (secondary N) is 2. The van der Waals surface area contributed by atoms with Crippen LogP contribution in [-0.2, 0) is 11.2 Å². The van der Waals surface area contributed by atoms with Crippen LogP contribution >= 0.6 is 11.8 Å². The van der Waals surface area contributed by atoms with Crippen molar-refractivity contribution in [3.63, 3.8) is 0 Å². The third kappa shape index (κ3) is 4.31. The maximum absolute atomic E-state index is 12.3. The van der Waals surface area contributed by atoms with Gasteiger partial charge in [0.25, 0.3) is 5.91 Å². The lowest BCUT2D eigenvalue weighted by atomic mass is 10.1. The van der Waals surface area contributed by atoms with Crippen LogP contribution in [0.25, 0.3) is 6.08 Å². The van der Waals surface area contributed by atoms with Crippen LogP contribution in [0.5, 0.6) is 17.2 Å². The van der Waals surface area contributed by atoms with Gasteiger partial charge in [0.05, 0.1) is 19.1 Å². The number of aryl methyl sites for hydroxylation is 1. The summed E-state index contributed by atoms with van der Waals surface area (Å²) >= 11 is 1.39. The molecule has 1 aliphatic rings. The monoisotopic (exact) mass is 386 g/mol. The van der Waals surface area contributed by atoms with Gasteiger partial charge in [0.2, 0.25) is 5.75 Å². The molecule has 7 heteroatoms. The first kappa shape index (κ1) is 19.0. The number of phenols is 1. The van der Waals surface area contributed by atoms with Gasteiger partial charge in [0, 0.05) is 5.69 Å². The van der Waals surface area contributed by atoms with E-state index in [1.54, 1.807) is 18.2 Å². The fourth-order valence-corrected chi connectivity index (χ4v) is 3.69. The minimum absolute atomic E-state index is 0.0688. The van der Waals surface area contributed by atoms with Crippen LogP contribution in [0, 0.1) is 0 Å². The average Bonchev–Trinajstić information content (AvgIpc) is 3.02. The normalized spacial score (nSPS) is 17.7. The number of phenolic OH excluding ortho intramolecular Hbond substituents is 1. The predicted molar refractivity (Wildman–Crippen MR) is 108 cm³/mol. The second-order valence-electron chi connectivity index (χ2n) is 5.95. The number of thioether (sulfide) groups is 1. The lowest BCUT2D eigenvalue weighted by molar-refractivity contribution is -0.116. The summed E-state index contributed by atoms with van der Waals surface area (Å²) in [5, 5.41) is 16.2. The average molecular weight is 386 g/mol. The molecule has 0 bridgehead atoms.